The van der Waals surface area contributed by atoms with Crippen molar-refractivity contribution in [3.63, 3.8) is 0 Å². The van der Waals surface area contributed by atoms with Crippen molar-refractivity contribution in [1.82, 2.24) is 15.3 Å². The highest BCUT2D eigenvalue weighted by Crippen LogP contribution is 2.61. The smallest absolute Gasteiger partial charge is 0.224 e. The molecule has 1 aromatic heterocycles. The van der Waals surface area contributed by atoms with Crippen molar-refractivity contribution in [1.29, 1.82) is 0 Å². The van der Waals surface area contributed by atoms with Crippen LogP contribution in [0.1, 0.15) is 39.5 Å². The molecule has 5 nitrogen and oxygen atoms in total. The summed E-state index contributed by atoms with van der Waals surface area (Å²) in [5.41, 5.74) is 0.549. The molecule has 0 spiro atoms. The summed E-state index contributed by atoms with van der Waals surface area (Å²) in [5.74, 6) is 5.32. The molecule has 5 aliphatic rings. The SMILES string of the molecule is CC1(C)[C@H]2CC[C@H](CNc3nccc(N4C[C@H]5CCN[C@H]5C4)n3)[C@@H]1C2. The monoisotopic (exact) mass is 341 g/mol. The lowest BCUT2D eigenvalue weighted by Crippen LogP contribution is -2.53. The quantitative estimate of drug-likeness (QED) is 0.882. The third kappa shape index (κ3) is 2.62. The van der Waals surface area contributed by atoms with E-state index < -0.39 is 0 Å². The van der Waals surface area contributed by atoms with E-state index in [1.165, 1.54) is 32.2 Å². The Morgan fingerprint density at radius 1 is 1.28 bits per heavy atom. The number of nitrogens with one attached hydrogen (secondary N) is 2. The molecule has 5 atom stereocenters. The summed E-state index contributed by atoms with van der Waals surface area (Å²) >= 11 is 0. The molecular weight excluding hydrogens is 310 g/mol. The third-order valence-corrected chi connectivity index (χ3v) is 7.85. The molecule has 2 saturated heterocycles. The minimum atomic E-state index is 0.549. The van der Waals surface area contributed by atoms with Crippen LogP contribution in [0.25, 0.3) is 0 Å². The number of hydrogen-bond donors (Lipinski definition) is 2. The Balaban J connectivity index is 1.22. The molecule has 6 rings (SSSR count). The minimum Gasteiger partial charge on any atom is -0.355 e. The highest BCUT2D eigenvalue weighted by Gasteiger charge is 2.53. The first-order valence-electron chi connectivity index (χ1n) is 10.2. The van der Waals surface area contributed by atoms with Crippen LogP contribution in [0, 0.1) is 29.1 Å². The Bertz CT molecular complexity index is 631. The second-order valence-corrected chi connectivity index (χ2v) is 9.33. The fraction of sp³-hybridized carbons (Fsp3) is 0.800. The molecule has 3 saturated carbocycles. The molecule has 1 aromatic rings. The van der Waals surface area contributed by atoms with Crippen LogP contribution in [0.2, 0.25) is 0 Å². The van der Waals surface area contributed by atoms with E-state index in [0.717, 1.165) is 55.1 Å². The zero-order valence-electron chi connectivity index (χ0n) is 15.5. The van der Waals surface area contributed by atoms with Gasteiger partial charge in [-0.2, -0.15) is 4.98 Å². The molecule has 0 aromatic carbocycles. The molecule has 5 heteroatoms. The zero-order chi connectivity index (χ0) is 17.0. The number of fused-ring (bicyclic) bond motifs is 3. The fourth-order valence-corrected chi connectivity index (χ4v) is 6.08. The van der Waals surface area contributed by atoms with E-state index in [1.807, 2.05) is 6.20 Å². The van der Waals surface area contributed by atoms with Gasteiger partial charge in [-0.15, -0.1) is 0 Å². The Hall–Kier alpha value is -1.36. The van der Waals surface area contributed by atoms with Crippen molar-refractivity contribution in [2.45, 2.75) is 45.6 Å². The van der Waals surface area contributed by atoms with Crippen molar-refractivity contribution in [3.05, 3.63) is 12.3 Å². The molecule has 25 heavy (non-hydrogen) atoms. The highest BCUT2D eigenvalue weighted by atomic mass is 15.3. The summed E-state index contributed by atoms with van der Waals surface area (Å²) in [6, 6.07) is 2.72. The van der Waals surface area contributed by atoms with Gasteiger partial charge < -0.3 is 15.5 Å². The lowest BCUT2D eigenvalue weighted by atomic mass is 9.45. The maximum atomic E-state index is 4.82. The molecular formula is C20H31N5. The predicted octanol–water partition coefficient (Wildman–Crippen LogP) is 2.76. The van der Waals surface area contributed by atoms with Gasteiger partial charge in [-0.1, -0.05) is 13.8 Å². The van der Waals surface area contributed by atoms with Crippen LogP contribution in [0.4, 0.5) is 11.8 Å². The second kappa shape index (κ2) is 5.83. The first-order valence-corrected chi connectivity index (χ1v) is 10.2. The van der Waals surface area contributed by atoms with Crippen molar-refractivity contribution in [2.75, 3.05) is 36.4 Å². The van der Waals surface area contributed by atoms with Gasteiger partial charge in [-0.05, 0) is 67.4 Å². The van der Waals surface area contributed by atoms with Gasteiger partial charge in [0.2, 0.25) is 5.95 Å². The summed E-state index contributed by atoms with van der Waals surface area (Å²) in [6.45, 7) is 9.35. The second-order valence-electron chi connectivity index (χ2n) is 9.33. The van der Waals surface area contributed by atoms with Gasteiger partial charge >= 0.3 is 0 Å². The van der Waals surface area contributed by atoms with Crippen LogP contribution >= 0.6 is 0 Å². The Morgan fingerprint density at radius 3 is 3.00 bits per heavy atom. The Kier molecular flexibility index (Phi) is 3.70. The molecule has 2 bridgehead atoms. The van der Waals surface area contributed by atoms with Gasteiger partial charge in [-0.25, -0.2) is 4.98 Å². The molecule has 0 radical (unpaired) electrons. The van der Waals surface area contributed by atoms with Crippen molar-refractivity contribution >= 4 is 11.8 Å². The largest absolute Gasteiger partial charge is 0.355 e. The number of anilines is 2. The van der Waals surface area contributed by atoms with Gasteiger partial charge in [0.15, 0.2) is 0 Å². The number of aromatic nitrogens is 2. The lowest BCUT2D eigenvalue weighted by Gasteiger charge is -2.60. The fourth-order valence-electron chi connectivity index (χ4n) is 6.08. The summed E-state index contributed by atoms with van der Waals surface area (Å²) in [4.78, 5) is 11.7. The third-order valence-electron chi connectivity index (χ3n) is 7.85. The predicted molar refractivity (Wildman–Crippen MR) is 101 cm³/mol. The average molecular weight is 342 g/mol. The van der Waals surface area contributed by atoms with E-state index in [1.54, 1.807) is 0 Å². The van der Waals surface area contributed by atoms with E-state index in [9.17, 15) is 0 Å². The van der Waals surface area contributed by atoms with E-state index >= 15 is 0 Å². The number of hydrogen-bond acceptors (Lipinski definition) is 5. The van der Waals surface area contributed by atoms with Gasteiger partial charge in [0.25, 0.3) is 0 Å². The van der Waals surface area contributed by atoms with Gasteiger partial charge in [-0.3, -0.25) is 0 Å². The van der Waals surface area contributed by atoms with Crippen LogP contribution in [0.15, 0.2) is 12.3 Å². The summed E-state index contributed by atoms with van der Waals surface area (Å²) < 4.78 is 0. The molecule has 0 amide bonds. The summed E-state index contributed by atoms with van der Waals surface area (Å²) in [6.07, 6.45) is 7.42. The highest BCUT2D eigenvalue weighted by molar-refractivity contribution is 5.44. The van der Waals surface area contributed by atoms with Crippen LogP contribution in [-0.2, 0) is 0 Å². The molecule has 2 N–H and O–H groups in total. The van der Waals surface area contributed by atoms with Gasteiger partial charge in [0.1, 0.15) is 5.82 Å². The maximum Gasteiger partial charge on any atom is 0.224 e. The number of rotatable bonds is 4. The molecule has 0 unspecified atom stereocenters. The van der Waals surface area contributed by atoms with Crippen LogP contribution in [-0.4, -0.2) is 42.2 Å². The van der Waals surface area contributed by atoms with Crippen molar-refractivity contribution in [2.24, 2.45) is 29.1 Å². The molecule has 3 heterocycles. The van der Waals surface area contributed by atoms with Crippen LogP contribution in [0.3, 0.4) is 0 Å². The first-order chi connectivity index (χ1) is 12.1. The molecule has 136 valence electrons. The first kappa shape index (κ1) is 15.9. The van der Waals surface area contributed by atoms with E-state index in [-0.39, 0.29) is 0 Å². The zero-order valence-corrected chi connectivity index (χ0v) is 15.5. The average Bonchev–Trinajstić information content (AvgIpc) is 3.22. The minimum absolute atomic E-state index is 0.549. The Labute approximate surface area is 151 Å². The van der Waals surface area contributed by atoms with Crippen LogP contribution < -0.4 is 15.5 Å². The standard InChI is InChI=1S/C20H31N5/c1-20(2)15-4-3-13(16(20)9-15)10-23-19-22-8-6-18(24-19)25-11-14-5-7-21-17(14)12-25/h6,8,13-17,21H,3-5,7,9-12H2,1-2H3,(H,22,23,24)/t13-,14-,15+,16+,17+/m1/s1. The molecule has 2 aliphatic heterocycles. The Morgan fingerprint density at radius 2 is 2.20 bits per heavy atom. The topological polar surface area (TPSA) is 53.1 Å². The summed E-state index contributed by atoms with van der Waals surface area (Å²) in [7, 11) is 0. The summed E-state index contributed by atoms with van der Waals surface area (Å²) in [5, 5.41) is 7.17. The van der Waals surface area contributed by atoms with E-state index in [0.29, 0.717) is 11.5 Å². The normalized spacial score (nSPS) is 38.3. The van der Waals surface area contributed by atoms with Crippen molar-refractivity contribution < 1.29 is 0 Å². The molecule has 5 fully saturated rings. The number of nitrogens with zero attached hydrogens (tertiary/aromatic N) is 3. The molecule has 3 aliphatic carbocycles. The van der Waals surface area contributed by atoms with E-state index in [2.05, 4.69) is 40.4 Å². The van der Waals surface area contributed by atoms with Crippen molar-refractivity contribution in [3.8, 4) is 0 Å². The lowest BCUT2D eigenvalue weighted by molar-refractivity contribution is -0.100. The van der Waals surface area contributed by atoms with Crippen LogP contribution in [0.5, 0.6) is 0 Å². The maximum absolute atomic E-state index is 4.82. The van der Waals surface area contributed by atoms with E-state index in [4.69, 9.17) is 4.98 Å². The van der Waals surface area contributed by atoms with Gasteiger partial charge in [0, 0.05) is 31.9 Å². The van der Waals surface area contributed by atoms with Gasteiger partial charge in [0.05, 0.1) is 0 Å².